The zero-order valence-electron chi connectivity index (χ0n) is 19.1. The van der Waals surface area contributed by atoms with Gasteiger partial charge in [0.2, 0.25) is 5.88 Å². The first-order valence-electron chi connectivity index (χ1n) is 11.0. The van der Waals surface area contributed by atoms with E-state index in [4.69, 9.17) is 19.9 Å². The van der Waals surface area contributed by atoms with Crippen LogP contribution in [-0.4, -0.2) is 68.8 Å². The van der Waals surface area contributed by atoms with Gasteiger partial charge >= 0.3 is 5.97 Å². The van der Waals surface area contributed by atoms with E-state index in [0.717, 1.165) is 44.7 Å². The number of carbonyl (C=O) groups is 1. The van der Waals surface area contributed by atoms with Crippen molar-refractivity contribution in [3.8, 4) is 11.8 Å². The average Bonchev–Trinajstić information content (AvgIpc) is 2.78. The lowest BCUT2D eigenvalue weighted by molar-refractivity contribution is -0.139. The number of hydrogen-bond donors (Lipinski definition) is 1. The Balaban J connectivity index is 1.71. The number of allylic oxidation sites excluding steroid dienone is 2. The van der Waals surface area contributed by atoms with Crippen LogP contribution < -0.4 is 10.5 Å². The summed E-state index contributed by atoms with van der Waals surface area (Å²) in [4.78, 5) is 17.4. The van der Waals surface area contributed by atoms with Crippen LogP contribution in [0.1, 0.15) is 31.7 Å². The number of piperazine rings is 1. The van der Waals surface area contributed by atoms with E-state index in [2.05, 4.69) is 22.9 Å². The van der Waals surface area contributed by atoms with E-state index in [1.165, 1.54) is 0 Å². The average molecular weight is 441 g/mol. The van der Waals surface area contributed by atoms with Crippen molar-refractivity contribution in [2.75, 3.05) is 53.0 Å². The zero-order valence-corrected chi connectivity index (χ0v) is 19.1. The Kier molecular flexibility index (Phi) is 8.14. The molecular weight excluding hydrogens is 408 g/mol. The van der Waals surface area contributed by atoms with Crippen molar-refractivity contribution < 1.29 is 19.0 Å². The first-order valence-corrected chi connectivity index (χ1v) is 11.0. The highest BCUT2D eigenvalue weighted by atomic mass is 16.5. The van der Waals surface area contributed by atoms with Gasteiger partial charge in [-0.3, -0.25) is 0 Å². The molecule has 8 heteroatoms. The maximum atomic E-state index is 12.7. The standard InChI is InChI=1S/C24H32N4O4/c1-4-30-24(29)21-17(2)32-23(26)20(16-25)22(21)18-7-5-8-19(15-18)31-14-6-9-28-12-10-27(3)11-13-28/h5,7-8,15,22H,4,6,9-14,26H2,1-3H3. The van der Waals surface area contributed by atoms with Crippen molar-refractivity contribution in [3.63, 3.8) is 0 Å². The molecule has 3 rings (SSSR count). The summed E-state index contributed by atoms with van der Waals surface area (Å²) in [7, 11) is 2.15. The molecule has 2 aliphatic heterocycles. The van der Waals surface area contributed by atoms with Crippen molar-refractivity contribution in [2.45, 2.75) is 26.2 Å². The lowest BCUT2D eigenvalue weighted by atomic mass is 9.83. The number of hydrogen-bond acceptors (Lipinski definition) is 8. The highest BCUT2D eigenvalue weighted by Gasteiger charge is 2.36. The van der Waals surface area contributed by atoms with Gasteiger partial charge in [0.1, 0.15) is 23.2 Å². The van der Waals surface area contributed by atoms with E-state index in [1.807, 2.05) is 24.3 Å². The summed E-state index contributed by atoms with van der Waals surface area (Å²) in [5, 5.41) is 9.71. The van der Waals surface area contributed by atoms with Gasteiger partial charge in [0.25, 0.3) is 0 Å². The van der Waals surface area contributed by atoms with Crippen LogP contribution >= 0.6 is 0 Å². The summed E-state index contributed by atoms with van der Waals surface area (Å²) in [6.07, 6.45) is 0.925. The minimum absolute atomic E-state index is 0.00143. The van der Waals surface area contributed by atoms with Crippen molar-refractivity contribution >= 4 is 5.97 Å². The van der Waals surface area contributed by atoms with Crippen LogP contribution in [-0.2, 0) is 14.3 Å². The third-order valence-electron chi connectivity index (χ3n) is 5.78. The first kappa shape index (κ1) is 23.6. The molecule has 2 aliphatic rings. The van der Waals surface area contributed by atoms with Gasteiger partial charge in [-0.25, -0.2) is 4.79 Å². The molecule has 1 aromatic carbocycles. The van der Waals surface area contributed by atoms with E-state index in [1.54, 1.807) is 13.8 Å². The molecule has 8 nitrogen and oxygen atoms in total. The molecule has 1 fully saturated rings. The van der Waals surface area contributed by atoms with Gasteiger partial charge in [0.15, 0.2) is 0 Å². The molecule has 0 bridgehead atoms. The molecule has 2 heterocycles. The molecule has 32 heavy (non-hydrogen) atoms. The van der Waals surface area contributed by atoms with Gasteiger partial charge in [-0.15, -0.1) is 0 Å². The summed E-state index contributed by atoms with van der Waals surface area (Å²) in [6.45, 7) is 9.57. The lowest BCUT2D eigenvalue weighted by Crippen LogP contribution is -2.44. The van der Waals surface area contributed by atoms with Crippen LogP contribution in [0.25, 0.3) is 0 Å². The molecular formula is C24H32N4O4. The Morgan fingerprint density at radius 3 is 2.75 bits per heavy atom. The maximum Gasteiger partial charge on any atom is 0.338 e. The number of benzene rings is 1. The Morgan fingerprint density at radius 2 is 2.06 bits per heavy atom. The van der Waals surface area contributed by atoms with Crippen LogP contribution in [0.4, 0.5) is 0 Å². The largest absolute Gasteiger partial charge is 0.494 e. The molecule has 0 spiro atoms. The van der Waals surface area contributed by atoms with E-state index in [-0.39, 0.29) is 23.6 Å². The highest BCUT2D eigenvalue weighted by Crippen LogP contribution is 2.40. The summed E-state index contributed by atoms with van der Waals surface area (Å²) in [5.41, 5.74) is 7.17. The smallest absolute Gasteiger partial charge is 0.338 e. The summed E-state index contributed by atoms with van der Waals surface area (Å²) in [6, 6.07) is 9.52. The van der Waals surface area contributed by atoms with Crippen molar-refractivity contribution in [2.24, 2.45) is 5.73 Å². The Bertz CT molecular complexity index is 926. The molecule has 1 unspecified atom stereocenters. The molecule has 1 aromatic rings. The fourth-order valence-electron chi connectivity index (χ4n) is 4.02. The summed E-state index contributed by atoms with van der Waals surface area (Å²) < 4.78 is 16.7. The van der Waals surface area contributed by atoms with E-state index >= 15 is 0 Å². The molecule has 0 aliphatic carbocycles. The predicted octanol–water partition coefficient (Wildman–Crippen LogP) is 2.35. The van der Waals surface area contributed by atoms with Crippen LogP contribution in [0.2, 0.25) is 0 Å². The second-order valence-corrected chi connectivity index (χ2v) is 8.03. The molecule has 1 saturated heterocycles. The second kappa shape index (κ2) is 11.0. The quantitative estimate of drug-likeness (QED) is 0.486. The normalized spacial score (nSPS) is 20.0. The second-order valence-electron chi connectivity index (χ2n) is 8.03. The fraction of sp³-hybridized carbons (Fsp3) is 0.500. The topological polar surface area (TPSA) is 101 Å². The molecule has 0 saturated carbocycles. The van der Waals surface area contributed by atoms with E-state index in [9.17, 15) is 10.1 Å². The number of rotatable bonds is 8. The summed E-state index contributed by atoms with van der Waals surface area (Å²) in [5.74, 6) is -0.162. The minimum atomic E-state index is -0.665. The monoisotopic (exact) mass is 440 g/mol. The number of nitrogens with zero attached hydrogens (tertiary/aromatic N) is 3. The Hall–Kier alpha value is -3.02. The van der Waals surface area contributed by atoms with Gasteiger partial charge < -0.3 is 29.7 Å². The predicted molar refractivity (Wildman–Crippen MR) is 120 cm³/mol. The molecule has 0 amide bonds. The maximum absolute atomic E-state index is 12.7. The minimum Gasteiger partial charge on any atom is -0.494 e. The van der Waals surface area contributed by atoms with E-state index < -0.39 is 11.9 Å². The zero-order chi connectivity index (χ0) is 23.1. The number of nitriles is 1. The molecule has 0 aromatic heterocycles. The van der Waals surface area contributed by atoms with Crippen molar-refractivity contribution in [3.05, 3.63) is 52.6 Å². The number of nitrogens with two attached hydrogens (primary N) is 1. The van der Waals surface area contributed by atoms with Gasteiger partial charge in [-0.1, -0.05) is 12.1 Å². The van der Waals surface area contributed by atoms with Crippen LogP contribution in [0, 0.1) is 11.3 Å². The summed E-state index contributed by atoms with van der Waals surface area (Å²) >= 11 is 0. The van der Waals surface area contributed by atoms with Gasteiger partial charge in [0.05, 0.1) is 24.7 Å². The lowest BCUT2D eigenvalue weighted by Gasteiger charge is -2.32. The number of ether oxygens (including phenoxy) is 3. The highest BCUT2D eigenvalue weighted by molar-refractivity contribution is 5.92. The Labute approximate surface area is 189 Å². The van der Waals surface area contributed by atoms with Crippen LogP contribution in [0.3, 0.4) is 0 Å². The molecule has 172 valence electrons. The number of esters is 1. The van der Waals surface area contributed by atoms with Crippen molar-refractivity contribution in [1.82, 2.24) is 9.80 Å². The fourth-order valence-corrected chi connectivity index (χ4v) is 4.02. The third kappa shape index (κ3) is 5.61. The van der Waals surface area contributed by atoms with E-state index in [0.29, 0.717) is 18.1 Å². The van der Waals surface area contributed by atoms with Gasteiger partial charge in [0, 0.05) is 32.7 Å². The van der Waals surface area contributed by atoms with Gasteiger partial charge in [-0.2, -0.15) is 5.26 Å². The molecule has 2 N–H and O–H groups in total. The van der Waals surface area contributed by atoms with Crippen molar-refractivity contribution in [1.29, 1.82) is 5.26 Å². The van der Waals surface area contributed by atoms with Crippen LogP contribution in [0.5, 0.6) is 5.75 Å². The third-order valence-corrected chi connectivity index (χ3v) is 5.78. The molecule has 0 radical (unpaired) electrons. The number of likely N-dealkylation sites (N-methyl/N-ethyl adjacent to an activating group) is 1. The number of carbonyl (C=O) groups excluding carboxylic acids is 1. The van der Waals surface area contributed by atoms with Gasteiger partial charge in [-0.05, 0) is 45.0 Å². The Morgan fingerprint density at radius 1 is 1.31 bits per heavy atom. The molecule has 1 atom stereocenters. The van der Waals surface area contributed by atoms with Crippen LogP contribution in [0.15, 0.2) is 47.1 Å². The first-order chi connectivity index (χ1) is 15.4. The SMILES string of the molecule is CCOC(=O)C1=C(C)OC(N)=C(C#N)C1c1cccc(OCCCN2CCN(C)CC2)c1.